The van der Waals surface area contributed by atoms with Gasteiger partial charge in [0, 0.05) is 16.1 Å². The summed E-state index contributed by atoms with van der Waals surface area (Å²) in [6.07, 6.45) is 0. The van der Waals surface area contributed by atoms with Gasteiger partial charge >= 0.3 is 0 Å². The molecule has 0 saturated heterocycles. The van der Waals surface area contributed by atoms with E-state index in [-0.39, 0.29) is 11.3 Å². The van der Waals surface area contributed by atoms with Gasteiger partial charge in [0.1, 0.15) is 11.6 Å². The van der Waals surface area contributed by atoms with E-state index < -0.39 is 5.92 Å². The molecule has 5 nitrogen and oxygen atoms in total. The first kappa shape index (κ1) is 15.4. The number of fused-ring (bicyclic) bond motifs is 1. The van der Waals surface area contributed by atoms with E-state index in [4.69, 9.17) is 22.1 Å². The first-order chi connectivity index (χ1) is 10.8. The molecular formula is C17H17ClN4O. The first-order valence-electron chi connectivity index (χ1n) is 7.25. The van der Waals surface area contributed by atoms with Gasteiger partial charge in [-0.1, -0.05) is 50.6 Å². The molecule has 1 aliphatic heterocycles. The number of hydrogen-bond acceptors (Lipinski definition) is 4. The Morgan fingerprint density at radius 3 is 2.65 bits per heavy atom. The zero-order valence-electron chi connectivity index (χ0n) is 13.1. The number of nitrogens with two attached hydrogens (primary N) is 1. The van der Waals surface area contributed by atoms with Gasteiger partial charge in [0.2, 0.25) is 11.8 Å². The molecule has 0 radical (unpaired) electrons. The maximum Gasteiger partial charge on any atom is 0.244 e. The molecule has 1 aromatic heterocycles. The fraction of sp³-hybridized carbons (Fsp3) is 0.294. The number of H-pyrrole nitrogens is 1. The van der Waals surface area contributed by atoms with Crippen molar-refractivity contribution in [3.63, 3.8) is 0 Å². The summed E-state index contributed by atoms with van der Waals surface area (Å²) in [5.74, 6) is 0.0682. The number of aromatic nitrogens is 2. The molecule has 0 amide bonds. The Balaban J connectivity index is 2.31. The Morgan fingerprint density at radius 1 is 1.35 bits per heavy atom. The summed E-state index contributed by atoms with van der Waals surface area (Å²) in [6, 6.07) is 9.60. The summed E-state index contributed by atoms with van der Waals surface area (Å²) in [4.78, 5) is 0. The predicted octanol–water partition coefficient (Wildman–Crippen LogP) is 3.58. The molecule has 1 atom stereocenters. The number of ether oxygens (including phenoxy) is 1. The number of rotatable bonds is 1. The summed E-state index contributed by atoms with van der Waals surface area (Å²) in [5.41, 5.74) is 8.61. The molecular weight excluding hydrogens is 312 g/mol. The van der Waals surface area contributed by atoms with Gasteiger partial charge in [0.05, 0.1) is 11.5 Å². The van der Waals surface area contributed by atoms with E-state index in [0.717, 1.165) is 16.8 Å². The third kappa shape index (κ3) is 2.45. The number of nitrogens with one attached hydrogen (secondary N) is 1. The van der Waals surface area contributed by atoms with Gasteiger partial charge in [0.15, 0.2) is 0 Å². The molecule has 2 aromatic rings. The molecule has 0 bridgehead atoms. The van der Waals surface area contributed by atoms with Gasteiger partial charge in [-0.05, 0) is 11.6 Å². The highest BCUT2D eigenvalue weighted by atomic mass is 35.5. The van der Waals surface area contributed by atoms with E-state index in [1.807, 2.05) is 18.2 Å². The summed E-state index contributed by atoms with van der Waals surface area (Å²) in [5, 5.41) is 17.4. The molecule has 0 fully saturated rings. The zero-order valence-corrected chi connectivity index (χ0v) is 13.9. The third-order valence-corrected chi connectivity index (χ3v) is 4.25. The summed E-state index contributed by atoms with van der Waals surface area (Å²) in [7, 11) is 0. The Hall–Kier alpha value is -2.45. The van der Waals surface area contributed by atoms with Crippen LogP contribution in [0.3, 0.4) is 0 Å². The highest BCUT2D eigenvalue weighted by Gasteiger charge is 2.38. The average molecular weight is 329 g/mol. The molecule has 0 saturated carbocycles. The van der Waals surface area contributed by atoms with E-state index in [1.165, 1.54) is 0 Å². The molecule has 118 valence electrons. The van der Waals surface area contributed by atoms with Crippen molar-refractivity contribution < 1.29 is 4.74 Å². The number of halogens is 1. The monoisotopic (exact) mass is 328 g/mol. The number of allylic oxidation sites excluding steroid dienone is 1. The molecule has 23 heavy (non-hydrogen) atoms. The van der Waals surface area contributed by atoms with Crippen LogP contribution in [0, 0.1) is 11.3 Å². The van der Waals surface area contributed by atoms with E-state index in [1.54, 1.807) is 6.07 Å². The molecule has 0 unspecified atom stereocenters. The van der Waals surface area contributed by atoms with Gasteiger partial charge in [-0.25, -0.2) is 0 Å². The lowest BCUT2D eigenvalue weighted by atomic mass is 9.79. The molecule has 3 rings (SSSR count). The fourth-order valence-corrected chi connectivity index (χ4v) is 3.08. The fourth-order valence-electron chi connectivity index (χ4n) is 2.84. The quantitative estimate of drug-likeness (QED) is 0.837. The predicted molar refractivity (Wildman–Crippen MR) is 88.0 cm³/mol. The van der Waals surface area contributed by atoms with E-state index in [0.29, 0.717) is 16.5 Å². The topological polar surface area (TPSA) is 87.7 Å². The highest BCUT2D eigenvalue weighted by molar-refractivity contribution is 6.31. The van der Waals surface area contributed by atoms with Gasteiger partial charge in [-0.15, -0.1) is 5.10 Å². The lowest BCUT2D eigenvalue weighted by Crippen LogP contribution is -2.24. The van der Waals surface area contributed by atoms with Crippen molar-refractivity contribution in [3.8, 4) is 11.9 Å². The summed E-state index contributed by atoms with van der Waals surface area (Å²) < 4.78 is 5.55. The second-order valence-electron chi connectivity index (χ2n) is 6.51. The van der Waals surface area contributed by atoms with Crippen LogP contribution in [-0.2, 0) is 5.41 Å². The standard InChI is InChI=1S/C17H17ClN4O/c1-17(2,3)14-13-12(9-6-4-5-7-11(9)18)10(8-19)15(20)23-16(13)22-21-14/h4-7,12H,20H2,1-3H3,(H,21,22)/t12-/m0/s1. The van der Waals surface area contributed by atoms with Crippen LogP contribution in [0.5, 0.6) is 5.88 Å². The molecule has 2 heterocycles. The van der Waals surface area contributed by atoms with Crippen molar-refractivity contribution in [2.75, 3.05) is 0 Å². The van der Waals surface area contributed by atoms with E-state index in [2.05, 4.69) is 37.0 Å². The minimum atomic E-state index is -0.398. The average Bonchev–Trinajstić information content (AvgIpc) is 2.90. The third-order valence-electron chi connectivity index (χ3n) is 3.91. The minimum Gasteiger partial charge on any atom is -0.420 e. The van der Waals surface area contributed by atoms with Gasteiger partial charge in [-0.2, -0.15) is 5.26 Å². The Bertz CT molecular complexity index is 839. The number of benzene rings is 1. The molecule has 3 N–H and O–H groups in total. The van der Waals surface area contributed by atoms with Crippen molar-refractivity contribution >= 4 is 11.6 Å². The SMILES string of the molecule is CC(C)(C)c1[nH]nc2c1[C@@H](c1ccccc1Cl)C(C#N)=C(N)O2. The second kappa shape index (κ2) is 5.32. The number of nitriles is 1. The maximum atomic E-state index is 9.60. The van der Waals surface area contributed by atoms with Gasteiger partial charge in [-0.3, -0.25) is 5.10 Å². The van der Waals surface area contributed by atoms with Crippen LogP contribution in [0.2, 0.25) is 5.02 Å². The van der Waals surface area contributed by atoms with Crippen LogP contribution < -0.4 is 10.5 Å². The normalized spacial score (nSPS) is 17.4. The van der Waals surface area contributed by atoms with Crippen molar-refractivity contribution in [2.45, 2.75) is 32.1 Å². The van der Waals surface area contributed by atoms with Gasteiger partial charge < -0.3 is 10.5 Å². The van der Waals surface area contributed by atoms with Crippen LogP contribution in [0.25, 0.3) is 0 Å². The Kier molecular flexibility index (Phi) is 3.57. The van der Waals surface area contributed by atoms with Crippen LogP contribution in [0.4, 0.5) is 0 Å². The zero-order chi connectivity index (χ0) is 16.8. The van der Waals surface area contributed by atoms with Crippen molar-refractivity contribution in [2.24, 2.45) is 5.73 Å². The molecule has 6 heteroatoms. The Labute approximate surface area is 139 Å². The van der Waals surface area contributed by atoms with Crippen molar-refractivity contribution in [3.05, 3.63) is 57.6 Å². The second-order valence-corrected chi connectivity index (χ2v) is 6.92. The number of hydrogen-bond donors (Lipinski definition) is 2. The number of aromatic amines is 1. The van der Waals surface area contributed by atoms with Gasteiger partial charge in [0.25, 0.3) is 0 Å². The van der Waals surface area contributed by atoms with E-state index >= 15 is 0 Å². The molecule has 1 aromatic carbocycles. The van der Waals surface area contributed by atoms with Crippen molar-refractivity contribution in [1.82, 2.24) is 10.2 Å². The van der Waals surface area contributed by atoms with Crippen molar-refractivity contribution in [1.29, 1.82) is 5.26 Å². The largest absolute Gasteiger partial charge is 0.420 e. The van der Waals surface area contributed by atoms with Crippen LogP contribution in [-0.4, -0.2) is 10.2 Å². The summed E-state index contributed by atoms with van der Waals surface area (Å²) >= 11 is 6.38. The maximum absolute atomic E-state index is 9.60. The first-order valence-corrected chi connectivity index (χ1v) is 7.63. The lowest BCUT2D eigenvalue weighted by Gasteiger charge is -2.27. The Morgan fingerprint density at radius 2 is 2.04 bits per heavy atom. The van der Waals surface area contributed by atoms with E-state index in [9.17, 15) is 5.26 Å². The minimum absolute atomic E-state index is 0.0666. The smallest absolute Gasteiger partial charge is 0.244 e. The molecule has 0 spiro atoms. The summed E-state index contributed by atoms with van der Waals surface area (Å²) in [6.45, 7) is 6.20. The molecule has 1 aliphatic rings. The molecule has 0 aliphatic carbocycles. The number of nitrogens with zero attached hydrogens (tertiary/aromatic N) is 2. The van der Waals surface area contributed by atoms with Crippen LogP contribution in [0.15, 0.2) is 35.7 Å². The van der Waals surface area contributed by atoms with Crippen LogP contribution >= 0.6 is 11.6 Å². The highest BCUT2D eigenvalue weighted by Crippen LogP contribution is 2.46. The van der Waals surface area contributed by atoms with Crippen LogP contribution in [0.1, 0.15) is 43.5 Å². The lowest BCUT2D eigenvalue weighted by molar-refractivity contribution is 0.378.